The molecule has 0 bridgehead atoms. The van der Waals surface area contributed by atoms with Crippen LogP contribution in [0, 0.1) is 12.3 Å². The lowest BCUT2D eigenvalue weighted by molar-refractivity contribution is 0.363. The molecule has 2 atom stereocenters. The van der Waals surface area contributed by atoms with E-state index in [-0.39, 0.29) is 11.5 Å². The number of thioether (sulfide) groups is 1. The summed E-state index contributed by atoms with van der Waals surface area (Å²) in [5, 5.41) is 9.50. The van der Waals surface area contributed by atoms with Gasteiger partial charge in [-0.25, -0.2) is 0 Å². The van der Waals surface area contributed by atoms with Crippen LogP contribution in [0.5, 0.6) is 0 Å². The molecule has 92 valence electrons. The van der Waals surface area contributed by atoms with E-state index in [0.717, 1.165) is 11.0 Å². The van der Waals surface area contributed by atoms with Gasteiger partial charge in [-0.1, -0.05) is 32.5 Å². The first kappa shape index (κ1) is 13.5. The normalized spacial score (nSPS) is 16.2. The molecule has 1 heterocycles. The summed E-state index contributed by atoms with van der Waals surface area (Å²) in [4.78, 5) is 0. The molecule has 4 nitrogen and oxygen atoms in total. The molecular weight excluding hydrogens is 220 g/mol. The highest BCUT2D eigenvalue weighted by Crippen LogP contribution is 2.35. The van der Waals surface area contributed by atoms with Crippen molar-refractivity contribution < 1.29 is 0 Å². The van der Waals surface area contributed by atoms with Crippen molar-refractivity contribution in [3.8, 4) is 0 Å². The SMILES string of the molecule is Cc1nnc(SC(C(C)N)C(C)(C)C)n1C. The predicted molar refractivity (Wildman–Crippen MR) is 68.5 cm³/mol. The summed E-state index contributed by atoms with van der Waals surface area (Å²) < 4.78 is 2.01. The van der Waals surface area contributed by atoms with E-state index in [1.54, 1.807) is 11.8 Å². The third-order valence-electron chi connectivity index (χ3n) is 2.62. The number of rotatable bonds is 3. The van der Waals surface area contributed by atoms with E-state index >= 15 is 0 Å². The van der Waals surface area contributed by atoms with Gasteiger partial charge < -0.3 is 10.3 Å². The predicted octanol–water partition coefficient (Wildman–Crippen LogP) is 1.98. The molecule has 0 aliphatic rings. The number of aromatic nitrogens is 3. The highest BCUT2D eigenvalue weighted by atomic mass is 32.2. The van der Waals surface area contributed by atoms with Crippen molar-refractivity contribution in [2.24, 2.45) is 18.2 Å². The topological polar surface area (TPSA) is 56.7 Å². The Morgan fingerprint density at radius 1 is 1.31 bits per heavy atom. The standard InChI is InChI=1S/C11H22N4S/c1-7(12)9(11(3,4)5)16-10-14-13-8(2)15(10)6/h7,9H,12H2,1-6H3. The van der Waals surface area contributed by atoms with E-state index in [0.29, 0.717) is 5.25 Å². The van der Waals surface area contributed by atoms with Gasteiger partial charge in [0.15, 0.2) is 5.16 Å². The van der Waals surface area contributed by atoms with Crippen LogP contribution in [0.1, 0.15) is 33.5 Å². The smallest absolute Gasteiger partial charge is 0.191 e. The number of aryl methyl sites for hydroxylation is 1. The highest BCUT2D eigenvalue weighted by Gasteiger charge is 2.30. The number of nitrogens with two attached hydrogens (primary N) is 1. The first-order valence-electron chi connectivity index (χ1n) is 5.51. The van der Waals surface area contributed by atoms with Crippen LogP contribution in [0.15, 0.2) is 5.16 Å². The zero-order valence-corrected chi connectivity index (χ0v) is 11.8. The summed E-state index contributed by atoms with van der Waals surface area (Å²) in [6.45, 7) is 10.6. The van der Waals surface area contributed by atoms with E-state index in [1.807, 2.05) is 25.5 Å². The summed E-state index contributed by atoms with van der Waals surface area (Å²) >= 11 is 1.72. The van der Waals surface area contributed by atoms with Gasteiger partial charge in [-0.3, -0.25) is 0 Å². The number of hydrogen-bond donors (Lipinski definition) is 1. The number of hydrogen-bond acceptors (Lipinski definition) is 4. The van der Waals surface area contributed by atoms with Crippen LogP contribution >= 0.6 is 11.8 Å². The summed E-state index contributed by atoms with van der Waals surface area (Å²) in [5.41, 5.74) is 6.20. The fourth-order valence-corrected chi connectivity index (χ4v) is 2.85. The molecule has 0 saturated carbocycles. The molecule has 0 aromatic carbocycles. The molecule has 0 aliphatic heterocycles. The summed E-state index contributed by atoms with van der Waals surface area (Å²) in [6.07, 6.45) is 0. The van der Waals surface area contributed by atoms with Gasteiger partial charge in [0, 0.05) is 18.3 Å². The summed E-state index contributed by atoms with van der Waals surface area (Å²) in [6, 6.07) is 0.127. The second-order valence-corrected chi connectivity index (χ2v) is 6.46. The first-order valence-corrected chi connectivity index (χ1v) is 6.39. The Balaban J connectivity index is 2.89. The maximum atomic E-state index is 6.05. The van der Waals surface area contributed by atoms with Crippen molar-refractivity contribution in [2.45, 2.75) is 51.1 Å². The van der Waals surface area contributed by atoms with E-state index in [1.165, 1.54) is 0 Å². The molecule has 2 N–H and O–H groups in total. The van der Waals surface area contributed by atoms with Crippen LogP contribution in [0.2, 0.25) is 0 Å². The van der Waals surface area contributed by atoms with Crippen molar-refractivity contribution >= 4 is 11.8 Å². The molecular formula is C11H22N4S. The third-order valence-corrected chi connectivity index (χ3v) is 4.57. The Morgan fingerprint density at radius 2 is 1.88 bits per heavy atom. The minimum Gasteiger partial charge on any atom is -0.327 e. The van der Waals surface area contributed by atoms with Gasteiger partial charge in [-0.05, 0) is 19.3 Å². The maximum absolute atomic E-state index is 6.05. The molecule has 1 rings (SSSR count). The molecule has 16 heavy (non-hydrogen) atoms. The molecule has 0 saturated heterocycles. The molecule has 0 fully saturated rings. The lowest BCUT2D eigenvalue weighted by Gasteiger charge is -2.32. The number of nitrogens with zero attached hydrogens (tertiary/aromatic N) is 3. The molecule has 0 amide bonds. The molecule has 1 aromatic rings. The van der Waals surface area contributed by atoms with E-state index in [2.05, 4.69) is 31.0 Å². The van der Waals surface area contributed by atoms with Gasteiger partial charge in [0.2, 0.25) is 0 Å². The molecule has 0 spiro atoms. The van der Waals surface area contributed by atoms with Crippen LogP contribution in [0.3, 0.4) is 0 Å². The second kappa shape index (κ2) is 4.75. The van der Waals surface area contributed by atoms with E-state index in [9.17, 15) is 0 Å². The largest absolute Gasteiger partial charge is 0.327 e. The van der Waals surface area contributed by atoms with Crippen LogP contribution < -0.4 is 5.73 Å². The monoisotopic (exact) mass is 242 g/mol. The van der Waals surface area contributed by atoms with Gasteiger partial charge in [0.1, 0.15) is 5.82 Å². The van der Waals surface area contributed by atoms with Crippen molar-refractivity contribution in [3.63, 3.8) is 0 Å². The van der Waals surface area contributed by atoms with Crippen LogP contribution in [0.25, 0.3) is 0 Å². The van der Waals surface area contributed by atoms with Gasteiger partial charge in [-0.15, -0.1) is 10.2 Å². The van der Waals surface area contributed by atoms with Crippen molar-refractivity contribution in [1.82, 2.24) is 14.8 Å². The Morgan fingerprint density at radius 3 is 2.19 bits per heavy atom. The van der Waals surface area contributed by atoms with Crippen LogP contribution in [0.4, 0.5) is 0 Å². The fourth-order valence-electron chi connectivity index (χ4n) is 1.68. The summed E-state index contributed by atoms with van der Waals surface area (Å²) in [5.74, 6) is 0.930. The average Bonchev–Trinajstić information content (AvgIpc) is 2.42. The van der Waals surface area contributed by atoms with Crippen molar-refractivity contribution in [1.29, 1.82) is 0 Å². The third kappa shape index (κ3) is 2.98. The van der Waals surface area contributed by atoms with Crippen LogP contribution in [-0.4, -0.2) is 26.1 Å². The molecule has 2 unspecified atom stereocenters. The first-order chi connectivity index (χ1) is 7.23. The fraction of sp³-hybridized carbons (Fsp3) is 0.818. The summed E-state index contributed by atoms with van der Waals surface area (Å²) in [7, 11) is 1.98. The van der Waals surface area contributed by atoms with Gasteiger partial charge in [0.25, 0.3) is 0 Å². The van der Waals surface area contributed by atoms with Gasteiger partial charge in [0.05, 0.1) is 0 Å². The minimum absolute atomic E-state index is 0.127. The van der Waals surface area contributed by atoms with E-state index < -0.39 is 0 Å². The average molecular weight is 242 g/mol. The Hall–Kier alpha value is -0.550. The second-order valence-electron chi connectivity index (χ2n) is 5.35. The minimum atomic E-state index is 0.127. The molecule has 0 radical (unpaired) electrons. The Labute approximate surface area is 102 Å². The zero-order chi connectivity index (χ0) is 12.5. The lowest BCUT2D eigenvalue weighted by atomic mass is 9.88. The molecule has 0 aliphatic carbocycles. The zero-order valence-electron chi connectivity index (χ0n) is 11.0. The van der Waals surface area contributed by atoms with Crippen molar-refractivity contribution in [3.05, 3.63) is 5.82 Å². The Kier molecular flexibility index (Phi) is 4.02. The lowest BCUT2D eigenvalue weighted by Crippen LogP contribution is -2.39. The highest BCUT2D eigenvalue weighted by molar-refractivity contribution is 7.99. The van der Waals surface area contributed by atoms with Crippen molar-refractivity contribution in [2.75, 3.05) is 0 Å². The van der Waals surface area contributed by atoms with Gasteiger partial charge in [-0.2, -0.15) is 0 Å². The quantitative estimate of drug-likeness (QED) is 0.823. The molecule has 1 aromatic heterocycles. The van der Waals surface area contributed by atoms with E-state index in [4.69, 9.17) is 5.73 Å². The van der Waals surface area contributed by atoms with Gasteiger partial charge >= 0.3 is 0 Å². The maximum Gasteiger partial charge on any atom is 0.191 e. The molecule has 5 heteroatoms. The van der Waals surface area contributed by atoms with Crippen LogP contribution in [-0.2, 0) is 7.05 Å². The Bertz CT molecular complexity index is 351.